The van der Waals surface area contributed by atoms with Crippen LogP contribution >= 0.6 is 0 Å². The smallest absolute Gasteiger partial charge is 0.220 e. The molecule has 3 heterocycles. The van der Waals surface area contributed by atoms with E-state index in [1.807, 2.05) is 6.08 Å². The highest BCUT2D eigenvalue weighted by Crippen LogP contribution is 2.33. The predicted molar refractivity (Wildman–Crippen MR) is 374 cm³/mol. The van der Waals surface area contributed by atoms with Crippen LogP contribution in [0.4, 0.5) is 0 Å². The van der Waals surface area contributed by atoms with Gasteiger partial charge in [-0.2, -0.15) is 0 Å². The molecule has 17 unspecified atom stereocenters. The van der Waals surface area contributed by atoms with E-state index in [1.54, 1.807) is 6.08 Å². The first-order valence-electron chi connectivity index (χ1n) is 38.4. The Morgan fingerprint density at radius 1 is 0.379 bits per heavy atom. The van der Waals surface area contributed by atoms with Crippen molar-refractivity contribution < 1.29 is 89.4 Å². The molecule has 0 aromatic carbocycles. The standard InChI is InChI=1S/C76H139NO18/c1-3-5-7-9-11-13-15-17-19-21-23-25-26-27-28-29-30-31-32-34-35-37-39-41-43-45-47-49-51-53-60(81)59(77-64(82)54-52-50-48-46-44-42-40-38-36-33-24-22-20-18-16-14-12-10-8-6-4-2)58-90-74-70(88)67(85)72(62(56-79)92-74)95-76-71(89)68(86)73(63(57-80)93-76)94-75-69(87)66(84)65(83)61(55-78)91-75/h16,18,22,24,43,45,51,53,59-63,65-76,78-81,83-89H,3-15,17,19-21,23,25-42,44,46-50,52,54-58H2,1-2H3,(H,77,82)/b18-16-,24-22-,45-43+,53-51+. The zero-order chi connectivity index (χ0) is 68.9. The van der Waals surface area contributed by atoms with Gasteiger partial charge in [-0.25, -0.2) is 0 Å². The average Bonchev–Trinajstić information content (AvgIpc) is 0.787. The van der Waals surface area contributed by atoms with Crippen LogP contribution < -0.4 is 5.32 Å². The largest absolute Gasteiger partial charge is 0.394 e. The number of rotatable bonds is 60. The minimum Gasteiger partial charge on any atom is -0.394 e. The average molecular weight is 1350 g/mol. The van der Waals surface area contributed by atoms with E-state index >= 15 is 0 Å². The van der Waals surface area contributed by atoms with Crippen molar-refractivity contribution in [3.05, 3.63) is 48.6 Å². The van der Waals surface area contributed by atoms with Crippen molar-refractivity contribution in [1.29, 1.82) is 0 Å². The molecule has 12 N–H and O–H groups in total. The van der Waals surface area contributed by atoms with E-state index in [9.17, 15) is 61.0 Å². The van der Waals surface area contributed by atoms with Crippen molar-refractivity contribution in [3.63, 3.8) is 0 Å². The van der Waals surface area contributed by atoms with Crippen LogP contribution in [0.15, 0.2) is 48.6 Å². The van der Waals surface area contributed by atoms with E-state index in [0.29, 0.717) is 12.8 Å². The number of amides is 1. The van der Waals surface area contributed by atoms with Gasteiger partial charge in [0, 0.05) is 6.42 Å². The molecule has 0 saturated carbocycles. The lowest BCUT2D eigenvalue weighted by atomic mass is 9.96. The summed E-state index contributed by atoms with van der Waals surface area (Å²) in [6.45, 7) is 1.74. The van der Waals surface area contributed by atoms with Crippen molar-refractivity contribution >= 4 is 5.91 Å². The summed E-state index contributed by atoms with van der Waals surface area (Å²) in [7, 11) is 0. The highest BCUT2D eigenvalue weighted by Gasteiger charge is 2.53. The molecular weight excluding hydrogens is 1210 g/mol. The third-order valence-electron chi connectivity index (χ3n) is 19.1. The second-order valence-electron chi connectivity index (χ2n) is 27.5. The maximum atomic E-state index is 13.4. The van der Waals surface area contributed by atoms with E-state index in [-0.39, 0.29) is 18.9 Å². The molecule has 1 amide bonds. The molecule has 0 radical (unpaired) electrons. The van der Waals surface area contributed by atoms with E-state index in [4.69, 9.17) is 28.4 Å². The van der Waals surface area contributed by atoms with E-state index in [1.165, 1.54) is 205 Å². The second kappa shape index (κ2) is 57.4. The Balaban J connectivity index is 1.41. The number of aliphatic hydroxyl groups is 11. The molecule has 3 fully saturated rings. The van der Waals surface area contributed by atoms with Crippen LogP contribution in [0.1, 0.15) is 296 Å². The molecule has 0 aromatic rings. The van der Waals surface area contributed by atoms with Crippen LogP contribution in [0, 0.1) is 0 Å². The van der Waals surface area contributed by atoms with Gasteiger partial charge < -0.3 is 89.9 Å². The van der Waals surface area contributed by atoms with Gasteiger partial charge in [0.15, 0.2) is 18.9 Å². The van der Waals surface area contributed by atoms with Gasteiger partial charge in [0.1, 0.15) is 73.2 Å². The molecule has 95 heavy (non-hydrogen) atoms. The summed E-state index contributed by atoms with van der Waals surface area (Å²) in [6, 6.07) is -0.995. The Hall–Kier alpha value is -2.25. The normalized spacial score (nSPS) is 27.4. The number of hydrogen-bond donors (Lipinski definition) is 12. The van der Waals surface area contributed by atoms with Gasteiger partial charge in [0.2, 0.25) is 5.91 Å². The highest BCUT2D eigenvalue weighted by atomic mass is 16.8. The van der Waals surface area contributed by atoms with Crippen LogP contribution in [0.3, 0.4) is 0 Å². The molecule has 0 aromatic heterocycles. The quantitative estimate of drug-likeness (QED) is 0.0199. The number of unbranched alkanes of at least 4 members (excludes halogenated alkanes) is 38. The number of ether oxygens (including phenoxy) is 6. The number of carbonyl (C=O) groups excluding carboxylic acids is 1. The highest BCUT2D eigenvalue weighted by molar-refractivity contribution is 5.76. The fourth-order valence-electron chi connectivity index (χ4n) is 12.9. The number of carbonyl (C=O) groups is 1. The molecule has 3 aliphatic heterocycles. The summed E-state index contributed by atoms with van der Waals surface area (Å²) in [5, 5.41) is 121. The summed E-state index contributed by atoms with van der Waals surface area (Å²) in [5.41, 5.74) is 0. The molecular formula is C76H139NO18. The van der Waals surface area contributed by atoms with Gasteiger partial charge in [-0.1, -0.05) is 274 Å². The maximum Gasteiger partial charge on any atom is 0.220 e. The zero-order valence-corrected chi connectivity index (χ0v) is 59.2. The molecule has 19 nitrogen and oxygen atoms in total. The third kappa shape index (κ3) is 38.4. The van der Waals surface area contributed by atoms with Gasteiger partial charge in [-0.15, -0.1) is 0 Å². The molecule has 3 saturated heterocycles. The van der Waals surface area contributed by atoms with Crippen molar-refractivity contribution in [3.8, 4) is 0 Å². The molecule has 17 atom stereocenters. The van der Waals surface area contributed by atoms with Crippen LogP contribution in [0.2, 0.25) is 0 Å². The lowest BCUT2D eigenvalue weighted by Crippen LogP contribution is -2.66. The Kier molecular flexibility index (Phi) is 52.5. The van der Waals surface area contributed by atoms with E-state index in [2.05, 4.69) is 55.6 Å². The van der Waals surface area contributed by atoms with Crippen LogP contribution in [-0.4, -0.2) is 193 Å². The fourth-order valence-corrected chi connectivity index (χ4v) is 12.9. The third-order valence-corrected chi connectivity index (χ3v) is 19.1. The zero-order valence-electron chi connectivity index (χ0n) is 59.2. The molecule has 19 heteroatoms. The Morgan fingerprint density at radius 3 is 1.12 bits per heavy atom. The molecule has 0 aliphatic carbocycles. The first-order valence-corrected chi connectivity index (χ1v) is 38.4. The van der Waals surface area contributed by atoms with Gasteiger partial charge >= 0.3 is 0 Å². The predicted octanol–water partition coefficient (Wildman–Crippen LogP) is 11.7. The van der Waals surface area contributed by atoms with Crippen molar-refractivity contribution in [1.82, 2.24) is 5.32 Å². The molecule has 556 valence electrons. The summed E-state index contributed by atoms with van der Waals surface area (Å²) in [5.74, 6) is -0.287. The number of allylic oxidation sites excluding steroid dienone is 7. The minimum absolute atomic E-state index is 0.230. The van der Waals surface area contributed by atoms with Gasteiger partial charge in [0.25, 0.3) is 0 Å². The fraction of sp³-hybridized carbons (Fsp3) is 0.882. The Labute approximate surface area is 573 Å². The molecule has 3 rings (SSSR count). The van der Waals surface area contributed by atoms with Gasteiger partial charge in [-0.3, -0.25) is 4.79 Å². The summed E-state index contributed by atoms with van der Waals surface area (Å²) in [6.07, 6.45) is 43.8. The Bertz CT molecular complexity index is 1910. The first kappa shape index (κ1) is 87.0. The van der Waals surface area contributed by atoms with Gasteiger partial charge in [0.05, 0.1) is 38.6 Å². The Morgan fingerprint density at radius 2 is 0.705 bits per heavy atom. The van der Waals surface area contributed by atoms with E-state index in [0.717, 1.165) is 57.8 Å². The molecule has 0 bridgehead atoms. The second-order valence-corrected chi connectivity index (χ2v) is 27.5. The van der Waals surface area contributed by atoms with Crippen molar-refractivity contribution in [2.75, 3.05) is 26.4 Å². The lowest BCUT2D eigenvalue weighted by molar-refractivity contribution is -0.379. The molecule has 0 spiro atoms. The first-order chi connectivity index (χ1) is 46.3. The summed E-state index contributed by atoms with van der Waals surface area (Å²) >= 11 is 0. The van der Waals surface area contributed by atoms with Gasteiger partial charge in [-0.05, 0) is 64.2 Å². The summed E-state index contributed by atoms with van der Waals surface area (Å²) < 4.78 is 34.4. The minimum atomic E-state index is -1.98. The number of nitrogens with one attached hydrogen (secondary N) is 1. The monoisotopic (exact) mass is 1350 g/mol. The van der Waals surface area contributed by atoms with Crippen molar-refractivity contribution in [2.24, 2.45) is 0 Å². The number of aliphatic hydroxyl groups excluding tert-OH is 11. The van der Waals surface area contributed by atoms with Crippen LogP contribution in [0.25, 0.3) is 0 Å². The van der Waals surface area contributed by atoms with Crippen LogP contribution in [0.5, 0.6) is 0 Å². The lowest BCUT2D eigenvalue weighted by Gasteiger charge is -2.48. The maximum absolute atomic E-state index is 13.4. The number of hydrogen-bond acceptors (Lipinski definition) is 18. The van der Waals surface area contributed by atoms with E-state index < -0.39 is 124 Å². The summed E-state index contributed by atoms with van der Waals surface area (Å²) in [4.78, 5) is 13.4. The van der Waals surface area contributed by atoms with Crippen LogP contribution in [-0.2, 0) is 33.2 Å². The van der Waals surface area contributed by atoms with Crippen molar-refractivity contribution in [2.45, 2.75) is 401 Å². The SMILES string of the molecule is CCCCCCC/C=C\C/C=C\CCCCCCCCCCCC(=O)NC(COC1OC(CO)C(OC2OC(CO)C(OC3OC(CO)C(O)C(O)C3O)C(O)C2O)C(O)C1O)C(O)/C=C/CC/C=C/CCCCCCCCCCCCCCCCCCCCCCCCC. The topological polar surface area (TPSA) is 307 Å². The molecule has 3 aliphatic rings.